The van der Waals surface area contributed by atoms with Crippen LogP contribution in [0.2, 0.25) is 5.02 Å². The van der Waals surface area contributed by atoms with Crippen molar-refractivity contribution in [2.45, 2.75) is 32.7 Å². The summed E-state index contributed by atoms with van der Waals surface area (Å²) >= 11 is 6.50. The van der Waals surface area contributed by atoms with E-state index in [1.54, 1.807) is 12.4 Å². The van der Waals surface area contributed by atoms with E-state index in [1.807, 2.05) is 12.1 Å². The van der Waals surface area contributed by atoms with Gasteiger partial charge >= 0.3 is 0 Å². The molecule has 3 heterocycles. The average molecular weight is 491 g/mol. The summed E-state index contributed by atoms with van der Waals surface area (Å²) < 4.78 is 5.49. The van der Waals surface area contributed by atoms with Crippen molar-refractivity contribution in [1.82, 2.24) is 19.9 Å². The predicted molar refractivity (Wildman–Crippen MR) is 145 cm³/mol. The maximum atomic E-state index is 6.50. The molecule has 182 valence electrons. The van der Waals surface area contributed by atoms with Crippen LogP contribution < -0.4 is 11.1 Å². The Bertz CT molecular complexity index is 1380. The molecule has 7 nitrogen and oxygen atoms in total. The molecule has 1 atom stereocenters. The van der Waals surface area contributed by atoms with Crippen LogP contribution in [0.1, 0.15) is 26.7 Å². The highest BCUT2D eigenvalue weighted by Gasteiger charge is 2.17. The van der Waals surface area contributed by atoms with Crippen molar-refractivity contribution in [3.8, 4) is 11.1 Å². The number of hydrogen-bond donors (Lipinski definition) is 3. The lowest BCUT2D eigenvalue weighted by Gasteiger charge is -2.31. The van der Waals surface area contributed by atoms with Gasteiger partial charge < -0.3 is 20.8 Å². The first-order valence-electron chi connectivity index (χ1n) is 12.1. The van der Waals surface area contributed by atoms with Gasteiger partial charge in [-0.1, -0.05) is 36.7 Å². The SMILES string of the molecule is CC/C(=C\C[C@H](C)N1CCOCC1)Nc1ncnc2[nH]c3ccc(-c4ccc(N)cc4Cl)cc3c12. The van der Waals surface area contributed by atoms with E-state index in [-0.39, 0.29) is 0 Å². The minimum absolute atomic E-state index is 0.466. The van der Waals surface area contributed by atoms with Crippen molar-refractivity contribution < 1.29 is 4.74 Å². The van der Waals surface area contributed by atoms with E-state index in [9.17, 15) is 0 Å². The van der Waals surface area contributed by atoms with Gasteiger partial charge in [-0.05, 0) is 49.6 Å². The fourth-order valence-corrected chi connectivity index (χ4v) is 4.96. The van der Waals surface area contributed by atoms with Gasteiger partial charge in [-0.15, -0.1) is 0 Å². The molecule has 1 fully saturated rings. The number of hydrogen-bond acceptors (Lipinski definition) is 6. The third-order valence-corrected chi connectivity index (χ3v) is 7.04. The molecular weight excluding hydrogens is 460 g/mol. The molecule has 0 bridgehead atoms. The molecule has 0 aliphatic carbocycles. The molecule has 0 amide bonds. The number of nitrogen functional groups attached to an aromatic ring is 1. The number of nitrogens with two attached hydrogens (primary N) is 1. The van der Waals surface area contributed by atoms with Gasteiger partial charge in [0.1, 0.15) is 17.8 Å². The third-order valence-electron chi connectivity index (χ3n) is 6.73. The minimum Gasteiger partial charge on any atom is -0.399 e. The van der Waals surface area contributed by atoms with Crippen LogP contribution in [-0.2, 0) is 4.74 Å². The highest BCUT2D eigenvalue weighted by Crippen LogP contribution is 2.35. The summed E-state index contributed by atoms with van der Waals surface area (Å²) in [7, 11) is 0. The maximum Gasteiger partial charge on any atom is 0.143 e. The number of anilines is 2. The number of H-pyrrole nitrogens is 1. The molecule has 0 spiro atoms. The Hall–Kier alpha value is -3.13. The number of fused-ring (bicyclic) bond motifs is 3. The van der Waals surface area contributed by atoms with Gasteiger partial charge in [0, 0.05) is 47.0 Å². The zero-order chi connectivity index (χ0) is 24.4. The molecule has 0 radical (unpaired) electrons. The van der Waals surface area contributed by atoms with E-state index in [0.717, 1.165) is 83.7 Å². The van der Waals surface area contributed by atoms with Gasteiger partial charge in [-0.2, -0.15) is 0 Å². The van der Waals surface area contributed by atoms with E-state index in [0.29, 0.717) is 16.8 Å². The van der Waals surface area contributed by atoms with Crippen molar-refractivity contribution in [2.75, 3.05) is 37.4 Å². The Labute approximate surface area is 210 Å². The number of aromatic nitrogens is 3. The van der Waals surface area contributed by atoms with Gasteiger partial charge in [-0.25, -0.2) is 9.97 Å². The summed E-state index contributed by atoms with van der Waals surface area (Å²) in [6.07, 6.45) is 5.75. The lowest BCUT2D eigenvalue weighted by atomic mass is 10.0. The molecule has 4 aromatic rings. The lowest BCUT2D eigenvalue weighted by molar-refractivity contribution is 0.0208. The first kappa shape index (κ1) is 23.6. The van der Waals surface area contributed by atoms with Crippen LogP contribution in [0.4, 0.5) is 11.5 Å². The summed E-state index contributed by atoms with van der Waals surface area (Å²) in [5.74, 6) is 0.800. The number of rotatable bonds is 7. The topological polar surface area (TPSA) is 92.1 Å². The predicted octanol–water partition coefficient (Wildman–Crippen LogP) is 5.83. The van der Waals surface area contributed by atoms with Gasteiger partial charge in [0.25, 0.3) is 0 Å². The molecule has 0 saturated carbocycles. The van der Waals surface area contributed by atoms with Crippen molar-refractivity contribution in [2.24, 2.45) is 0 Å². The first-order valence-corrected chi connectivity index (χ1v) is 12.5. The molecule has 2 aromatic carbocycles. The second-order valence-electron chi connectivity index (χ2n) is 9.01. The van der Waals surface area contributed by atoms with E-state index in [1.165, 1.54) is 0 Å². The molecular formula is C27H31ClN6O. The van der Waals surface area contributed by atoms with Crippen LogP contribution in [0.25, 0.3) is 33.1 Å². The maximum absolute atomic E-state index is 6.50. The molecule has 4 N–H and O–H groups in total. The van der Waals surface area contributed by atoms with Crippen molar-refractivity contribution in [3.05, 3.63) is 59.5 Å². The molecule has 35 heavy (non-hydrogen) atoms. The Morgan fingerprint density at radius 2 is 2.06 bits per heavy atom. The number of aromatic amines is 1. The van der Waals surface area contributed by atoms with Crippen LogP contribution in [-0.4, -0.2) is 52.2 Å². The number of nitrogens with one attached hydrogen (secondary N) is 2. The largest absolute Gasteiger partial charge is 0.399 e. The molecule has 8 heteroatoms. The Morgan fingerprint density at radius 3 is 2.83 bits per heavy atom. The van der Waals surface area contributed by atoms with E-state index in [2.05, 4.69) is 63.3 Å². The van der Waals surface area contributed by atoms with E-state index < -0.39 is 0 Å². The molecule has 5 rings (SSSR count). The smallest absolute Gasteiger partial charge is 0.143 e. The van der Waals surface area contributed by atoms with Crippen LogP contribution in [0.15, 0.2) is 54.5 Å². The number of nitrogens with zero attached hydrogens (tertiary/aromatic N) is 3. The second-order valence-corrected chi connectivity index (χ2v) is 9.42. The van der Waals surface area contributed by atoms with Crippen molar-refractivity contribution >= 4 is 45.0 Å². The Kier molecular flexibility index (Phi) is 6.90. The summed E-state index contributed by atoms with van der Waals surface area (Å²) in [5, 5.41) is 6.24. The molecule has 1 saturated heterocycles. The van der Waals surface area contributed by atoms with E-state index >= 15 is 0 Å². The number of morpholine rings is 1. The Morgan fingerprint density at radius 1 is 1.23 bits per heavy atom. The monoisotopic (exact) mass is 490 g/mol. The summed E-state index contributed by atoms with van der Waals surface area (Å²) in [4.78, 5) is 15.0. The van der Waals surface area contributed by atoms with Crippen LogP contribution >= 0.6 is 11.6 Å². The minimum atomic E-state index is 0.466. The van der Waals surface area contributed by atoms with Crippen LogP contribution in [0, 0.1) is 0 Å². The first-order chi connectivity index (χ1) is 17.0. The van der Waals surface area contributed by atoms with Crippen LogP contribution in [0.3, 0.4) is 0 Å². The molecule has 1 aliphatic rings. The highest BCUT2D eigenvalue weighted by molar-refractivity contribution is 6.33. The molecule has 2 aromatic heterocycles. The Balaban J connectivity index is 1.47. The van der Waals surface area contributed by atoms with Gasteiger partial charge in [-0.3, -0.25) is 4.90 Å². The quantitative estimate of drug-likeness (QED) is 0.282. The zero-order valence-electron chi connectivity index (χ0n) is 20.1. The average Bonchev–Trinajstić information content (AvgIpc) is 3.25. The number of benzene rings is 2. The van der Waals surface area contributed by atoms with Crippen LogP contribution in [0.5, 0.6) is 0 Å². The van der Waals surface area contributed by atoms with Gasteiger partial charge in [0.05, 0.1) is 23.6 Å². The van der Waals surface area contributed by atoms with Gasteiger partial charge in [0.15, 0.2) is 0 Å². The standard InChI is InChI=1S/C27H31ClN6O/c1-3-20(7-4-17(2)34-10-12-35-13-11-34)32-26-25-22-14-18(21-8-6-19(29)15-23(21)28)5-9-24(22)33-27(25)31-16-30-26/h5-9,14-17H,3-4,10-13,29H2,1-2H3,(H2,30,31,32,33)/b20-7+/t17-/m0/s1. The molecule has 1 aliphatic heterocycles. The van der Waals surface area contributed by atoms with Crippen molar-refractivity contribution in [3.63, 3.8) is 0 Å². The number of allylic oxidation sites excluding steroid dienone is 1. The molecule has 0 unspecified atom stereocenters. The second kappa shape index (κ2) is 10.2. The summed E-state index contributed by atoms with van der Waals surface area (Å²) in [6.45, 7) is 8.05. The highest BCUT2D eigenvalue weighted by atomic mass is 35.5. The normalized spacial score (nSPS) is 16.1. The van der Waals surface area contributed by atoms with Crippen molar-refractivity contribution in [1.29, 1.82) is 0 Å². The summed E-state index contributed by atoms with van der Waals surface area (Å²) in [6, 6.07) is 12.3. The summed E-state index contributed by atoms with van der Waals surface area (Å²) in [5.41, 5.74) is 11.4. The fourth-order valence-electron chi connectivity index (χ4n) is 4.67. The van der Waals surface area contributed by atoms with Gasteiger partial charge in [0.2, 0.25) is 0 Å². The number of halogens is 1. The zero-order valence-corrected chi connectivity index (χ0v) is 20.9. The fraction of sp³-hybridized carbons (Fsp3) is 0.333. The van der Waals surface area contributed by atoms with E-state index in [4.69, 9.17) is 22.1 Å². The lowest BCUT2D eigenvalue weighted by Crippen LogP contribution is -2.41. The number of ether oxygens (including phenoxy) is 1. The third kappa shape index (κ3) is 4.98.